The van der Waals surface area contributed by atoms with Gasteiger partial charge in [0.25, 0.3) is 0 Å². The molecule has 6 heteroatoms. The fraction of sp³-hybridized carbons (Fsp3) is 0.234. The van der Waals surface area contributed by atoms with Gasteiger partial charge in [-0.05, 0) is 115 Å². The minimum Gasteiger partial charge on any atom is -0.536 e. The topological polar surface area (TPSA) is 24.9 Å². The summed E-state index contributed by atoms with van der Waals surface area (Å²) in [7, 11) is -0.540. The molecule has 8 rings (SSSR count). The van der Waals surface area contributed by atoms with Gasteiger partial charge in [-0.3, -0.25) is 0 Å². The highest BCUT2D eigenvalue weighted by molar-refractivity contribution is 6.76. The van der Waals surface area contributed by atoms with Gasteiger partial charge in [-0.2, -0.15) is 0 Å². The molecule has 0 amide bonds. The van der Waals surface area contributed by atoms with Gasteiger partial charge in [-0.25, -0.2) is 0 Å². The van der Waals surface area contributed by atoms with E-state index in [0.717, 1.165) is 46.2 Å². The summed E-state index contributed by atoms with van der Waals surface area (Å²) < 4.78 is 14.1. The number of fused-ring (bicyclic) bond motifs is 2. The first-order valence-corrected chi connectivity index (χ1v) is 19.1. The van der Waals surface area contributed by atoms with Crippen LogP contribution in [0, 0.1) is 27.7 Å². The molecule has 2 aliphatic rings. The summed E-state index contributed by atoms with van der Waals surface area (Å²) >= 11 is 0. The Morgan fingerprint density at radius 3 is 1.74 bits per heavy atom. The minimum atomic E-state index is -0.275. The standard InChI is InChI=1S/C47H48B2N2O2/c1-30(2)40-22-15-23-41(31(3)4)45(40)49-51(42-24-12-16-33(6)46(42)52-49)39-21-13-17-36(29-39)28-37-18-14-25-43-47(37)53-48(50(43)38-19-10-9-11-20-38)44-34(7)26-32(5)27-35(44)8/h9-27,29-31H,28H2,1-8H3. The van der Waals surface area contributed by atoms with Gasteiger partial charge in [0.1, 0.15) is 11.5 Å². The third-order valence-electron chi connectivity index (χ3n) is 11.0. The zero-order valence-electron chi connectivity index (χ0n) is 32.3. The summed E-state index contributed by atoms with van der Waals surface area (Å²) in [5.41, 5.74) is 16.9. The summed E-state index contributed by atoms with van der Waals surface area (Å²) in [6.07, 6.45) is 0.734. The van der Waals surface area contributed by atoms with Gasteiger partial charge in [0, 0.05) is 17.8 Å². The van der Waals surface area contributed by atoms with E-state index in [2.05, 4.69) is 186 Å². The average molecular weight is 695 g/mol. The van der Waals surface area contributed by atoms with Crippen molar-refractivity contribution in [2.75, 3.05) is 9.62 Å². The van der Waals surface area contributed by atoms with Gasteiger partial charge in [0.05, 0.1) is 11.4 Å². The van der Waals surface area contributed by atoms with E-state index in [1.807, 2.05) is 0 Å². The smallest absolute Gasteiger partial charge is 0.524 e. The average Bonchev–Trinajstić information content (AvgIpc) is 3.72. The zero-order chi connectivity index (χ0) is 37.0. The van der Waals surface area contributed by atoms with Crippen molar-refractivity contribution in [1.29, 1.82) is 0 Å². The van der Waals surface area contributed by atoms with Crippen LogP contribution in [0.25, 0.3) is 0 Å². The van der Waals surface area contributed by atoms with Crippen LogP contribution in [0.5, 0.6) is 11.5 Å². The summed E-state index contributed by atoms with van der Waals surface area (Å²) in [5.74, 6) is 2.62. The maximum atomic E-state index is 7.10. The molecule has 0 aromatic heterocycles. The van der Waals surface area contributed by atoms with Crippen molar-refractivity contribution in [2.45, 2.75) is 73.6 Å². The largest absolute Gasteiger partial charge is 0.536 e. The molecule has 6 aromatic carbocycles. The van der Waals surface area contributed by atoms with Crippen LogP contribution in [0.4, 0.5) is 22.7 Å². The number of aryl methyl sites for hydroxylation is 4. The van der Waals surface area contributed by atoms with Crippen LogP contribution in [0.15, 0.2) is 121 Å². The summed E-state index contributed by atoms with van der Waals surface area (Å²) in [5, 5.41) is 0. The second-order valence-electron chi connectivity index (χ2n) is 15.5. The lowest BCUT2D eigenvalue weighted by atomic mass is 9.64. The van der Waals surface area contributed by atoms with Gasteiger partial charge >= 0.3 is 14.1 Å². The maximum absolute atomic E-state index is 7.10. The Balaban J connectivity index is 1.21. The minimum absolute atomic E-state index is 0.265. The third-order valence-corrected chi connectivity index (χ3v) is 11.0. The van der Waals surface area contributed by atoms with E-state index < -0.39 is 0 Å². The normalized spacial score (nSPS) is 13.5. The molecule has 264 valence electrons. The van der Waals surface area contributed by atoms with E-state index >= 15 is 0 Å². The van der Waals surface area contributed by atoms with Gasteiger partial charge < -0.3 is 18.9 Å². The lowest BCUT2D eigenvalue weighted by molar-refractivity contribution is 0.595. The van der Waals surface area contributed by atoms with Crippen molar-refractivity contribution in [3.63, 3.8) is 0 Å². The van der Waals surface area contributed by atoms with Crippen LogP contribution in [0.2, 0.25) is 0 Å². The number of benzene rings is 6. The van der Waals surface area contributed by atoms with Crippen LogP contribution in [-0.2, 0) is 6.42 Å². The summed E-state index contributed by atoms with van der Waals surface area (Å²) in [6.45, 7) is 17.9. The molecule has 0 saturated heterocycles. The number of rotatable bonds is 8. The molecule has 0 atom stereocenters. The number of hydrogen-bond donors (Lipinski definition) is 0. The lowest BCUT2D eigenvalue weighted by Crippen LogP contribution is -2.50. The van der Waals surface area contributed by atoms with Crippen molar-refractivity contribution in [1.82, 2.24) is 0 Å². The maximum Gasteiger partial charge on any atom is 0.524 e. The Hall–Kier alpha value is -5.35. The van der Waals surface area contributed by atoms with Crippen LogP contribution >= 0.6 is 0 Å². The molecule has 4 nitrogen and oxygen atoms in total. The van der Waals surface area contributed by atoms with E-state index in [1.165, 1.54) is 49.9 Å². The molecule has 0 bridgehead atoms. The van der Waals surface area contributed by atoms with Crippen LogP contribution in [0.1, 0.15) is 84.0 Å². The third kappa shape index (κ3) is 6.18. The van der Waals surface area contributed by atoms with Gasteiger partial charge in [0.2, 0.25) is 0 Å². The first kappa shape index (κ1) is 34.7. The molecule has 0 radical (unpaired) electrons. The number of para-hydroxylation sites is 3. The van der Waals surface area contributed by atoms with Crippen molar-refractivity contribution >= 4 is 47.8 Å². The Morgan fingerprint density at radius 1 is 0.509 bits per heavy atom. The first-order valence-electron chi connectivity index (χ1n) is 19.1. The second-order valence-corrected chi connectivity index (χ2v) is 15.5. The highest BCUT2D eigenvalue weighted by atomic mass is 16.5. The molecule has 0 fully saturated rings. The Labute approximate surface area is 316 Å². The Morgan fingerprint density at radius 2 is 1.06 bits per heavy atom. The van der Waals surface area contributed by atoms with Gasteiger partial charge in [-0.1, -0.05) is 129 Å². The highest BCUT2D eigenvalue weighted by Gasteiger charge is 2.44. The van der Waals surface area contributed by atoms with Crippen LogP contribution in [0.3, 0.4) is 0 Å². The SMILES string of the molecule is Cc1cc(C)c(B2Oc3c(Cc4cccc(N5B(c6c(C(C)C)cccc6C(C)C)Oc6c(C)cccc65)c4)cccc3N2c2ccccc2)c(C)c1. The monoisotopic (exact) mass is 694 g/mol. The summed E-state index contributed by atoms with van der Waals surface area (Å²) in [4.78, 5) is 4.78. The molecular formula is C47H48B2N2O2. The van der Waals surface area contributed by atoms with E-state index in [4.69, 9.17) is 9.31 Å². The zero-order valence-corrected chi connectivity index (χ0v) is 32.3. The van der Waals surface area contributed by atoms with E-state index in [0.29, 0.717) is 11.8 Å². The van der Waals surface area contributed by atoms with Crippen LogP contribution in [-0.4, -0.2) is 14.1 Å². The molecule has 6 aromatic rings. The quantitative estimate of drug-likeness (QED) is 0.148. The fourth-order valence-corrected chi connectivity index (χ4v) is 8.62. The van der Waals surface area contributed by atoms with Crippen molar-refractivity contribution in [2.24, 2.45) is 0 Å². The highest BCUT2D eigenvalue weighted by Crippen LogP contribution is 2.46. The van der Waals surface area contributed by atoms with Crippen LogP contribution < -0.4 is 29.9 Å². The summed E-state index contributed by atoms with van der Waals surface area (Å²) in [6, 6.07) is 44.0. The lowest BCUT2D eigenvalue weighted by Gasteiger charge is -2.28. The molecule has 0 N–H and O–H groups in total. The second kappa shape index (κ2) is 13.9. The van der Waals surface area contributed by atoms with E-state index in [1.54, 1.807) is 0 Å². The number of nitrogens with zero attached hydrogens (tertiary/aromatic N) is 2. The first-order chi connectivity index (χ1) is 25.6. The Kier molecular flexibility index (Phi) is 9.10. The molecule has 2 heterocycles. The molecular weight excluding hydrogens is 646 g/mol. The molecule has 0 saturated carbocycles. The van der Waals surface area contributed by atoms with Gasteiger partial charge in [0.15, 0.2) is 0 Å². The molecule has 53 heavy (non-hydrogen) atoms. The van der Waals surface area contributed by atoms with Gasteiger partial charge in [-0.15, -0.1) is 0 Å². The van der Waals surface area contributed by atoms with Crippen molar-refractivity contribution < 1.29 is 9.31 Å². The van der Waals surface area contributed by atoms with Crippen molar-refractivity contribution in [3.05, 3.63) is 166 Å². The fourth-order valence-electron chi connectivity index (χ4n) is 8.62. The van der Waals surface area contributed by atoms with Crippen molar-refractivity contribution in [3.8, 4) is 11.5 Å². The molecule has 0 spiro atoms. The van der Waals surface area contributed by atoms with E-state index in [9.17, 15) is 0 Å². The molecule has 0 aliphatic carbocycles. The predicted octanol–water partition coefficient (Wildman–Crippen LogP) is 10.6. The number of hydrogen-bond acceptors (Lipinski definition) is 4. The number of anilines is 4. The molecule has 0 unspecified atom stereocenters. The predicted molar refractivity (Wildman–Crippen MR) is 225 cm³/mol. The van der Waals surface area contributed by atoms with E-state index in [-0.39, 0.29) is 14.1 Å². The Bertz CT molecular complexity index is 2270. The molecule has 2 aliphatic heterocycles.